The van der Waals surface area contributed by atoms with Crippen molar-refractivity contribution in [2.45, 2.75) is 31.8 Å². The average Bonchev–Trinajstić information content (AvgIpc) is 2.71. The summed E-state index contributed by atoms with van der Waals surface area (Å²) >= 11 is 0. The highest BCUT2D eigenvalue weighted by atomic mass is 16.6. The standard InChI is InChI=1S/C10H19N3O/c1-9(2,3)13-5-8(12-14-4)10(7-13)6-11-10/h11H,5-7H2,1-4H3/b12-8-. The average molecular weight is 197 g/mol. The van der Waals surface area contributed by atoms with Gasteiger partial charge in [-0.05, 0) is 20.8 Å². The molecule has 14 heavy (non-hydrogen) atoms. The Labute approximate surface area is 85.3 Å². The van der Waals surface area contributed by atoms with E-state index in [-0.39, 0.29) is 11.1 Å². The summed E-state index contributed by atoms with van der Waals surface area (Å²) in [5.41, 5.74) is 1.50. The van der Waals surface area contributed by atoms with Gasteiger partial charge in [-0.25, -0.2) is 0 Å². The first kappa shape index (κ1) is 9.93. The molecule has 0 aromatic rings. The van der Waals surface area contributed by atoms with Crippen LogP contribution in [0.25, 0.3) is 0 Å². The summed E-state index contributed by atoms with van der Waals surface area (Å²) in [4.78, 5) is 7.32. The zero-order valence-corrected chi connectivity index (χ0v) is 9.42. The van der Waals surface area contributed by atoms with Crippen LogP contribution < -0.4 is 5.32 Å². The fourth-order valence-corrected chi connectivity index (χ4v) is 1.93. The van der Waals surface area contributed by atoms with Gasteiger partial charge in [0.1, 0.15) is 7.11 Å². The fraction of sp³-hybridized carbons (Fsp3) is 0.900. The number of hydrogen-bond acceptors (Lipinski definition) is 4. The Morgan fingerprint density at radius 2 is 2.14 bits per heavy atom. The van der Waals surface area contributed by atoms with Crippen LogP contribution in [0.2, 0.25) is 0 Å². The second kappa shape index (κ2) is 2.94. The number of likely N-dealkylation sites (tertiary alicyclic amines) is 1. The normalized spacial score (nSPS) is 35.6. The molecule has 2 aliphatic heterocycles. The van der Waals surface area contributed by atoms with Gasteiger partial charge in [0.05, 0.1) is 11.3 Å². The second-order valence-corrected chi connectivity index (χ2v) is 5.18. The SMILES string of the molecule is CO/N=C1/CN(C(C)(C)C)CC12CN2. The van der Waals surface area contributed by atoms with E-state index in [0.717, 1.165) is 25.3 Å². The lowest BCUT2D eigenvalue weighted by molar-refractivity contribution is 0.174. The van der Waals surface area contributed by atoms with Gasteiger partial charge in [-0.3, -0.25) is 4.90 Å². The van der Waals surface area contributed by atoms with E-state index in [1.165, 1.54) is 0 Å². The largest absolute Gasteiger partial charge is 0.399 e. The van der Waals surface area contributed by atoms with E-state index in [2.05, 4.69) is 36.1 Å². The van der Waals surface area contributed by atoms with Crippen molar-refractivity contribution in [3.63, 3.8) is 0 Å². The lowest BCUT2D eigenvalue weighted by Crippen LogP contribution is -2.40. The van der Waals surface area contributed by atoms with E-state index in [0.29, 0.717) is 0 Å². The van der Waals surface area contributed by atoms with Gasteiger partial charge in [-0.15, -0.1) is 0 Å². The molecule has 0 radical (unpaired) electrons. The number of oxime groups is 1. The third kappa shape index (κ3) is 1.53. The monoisotopic (exact) mass is 197 g/mol. The number of hydrogen-bond donors (Lipinski definition) is 1. The minimum absolute atomic E-state index is 0.142. The Balaban J connectivity index is 2.14. The smallest absolute Gasteiger partial charge is 0.106 e. The molecule has 4 heteroatoms. The lowest BCUT2D eigenvalue weighted by Gasteiger charge is -2.30. The molecule has 1 spiro atoms. The van der Waals surface area contributed by atoms with Crippen LogP contribution in [0.1, 0.15) is 20.8 Å². The quantitative estimate of drug-likeness (QED) is 0.490. The Morgan fingerprint density at radius 1 is 1.50 bits per heavy atom. The van der Waals surface area contributed by atoms with Crippen molar-refractivity contribution in [3.05, 3.63) is 0 Å². The molecule has 0 amide bonds. The molecule has 0 bridgehead atoms. The number of nitrogens with one attached hydrogen (secondary N) is 1. The first-order valence-electron chi connectivity index (χ1n) is 5.08. The van der Waals surface area contributed by atoms with Gasteiger partial charge in [-0.2, -0.15) is 0 Å². The van der Waals surface area contributed by atoms with Crippen molar-refractivity contribution < 1.29 is 4.84 Å². The van der Waals surface area contributed by atoms with Crippen LogP contribution in [0.5, 0.6) is 0 Å². The second-order valence-electron chi connectivity index (χ2n) is 5.18. The van der Waals surface area contributed by atoms with Gasteiger partial charge in [0.2, 0.25) is 0 Å². The van der Waals surface area contributed by atoms with Crippen LogP contribution in [0, 0.1) is 0 Å². The van der Waals surface area contributed by atoms with Gasteiger partial charge >= 0.3 is 0 Å². The molecular weight excluding hydrogens is 178 g/mol. The molecule has 0 aliphatic carbocycles. The summed E-state index contributed by atoms with van der Waals surface area (Å²) in [5.74, 6) is 0. The highest BCUT2D eigenvalue weighted by Crippen LogP contribution is 2.31. The van der Waals surface area contributed by atoms with Crippen LogP contribution >= 0.6 is 0 Å². The molecule has 0 aromatic carbocycles. The van der Waals surface area contributed by atoms with Crippen molar-refractivity contribution in [3.8, 4) is 0 Å². The fourth-order valence-electron chi connectivity index (χ4n) is 1.93. The van der Waals surface area contributed by atoms with Crippen molar-refractivity contribution in [2.75, 3.05) is 26.7 Å². The van der Waals surface area contributed by atoms with E-state index >= 15 is 0 Å². The van der Waals surface area contributed by atoms with Gasteiger partial charge < -0.3 is 10.2 Å². The maximum Gasteiger partial charge on any atom is 0.106 e. The summed E-state index contributed by atoms with van der Waals surface area (Å²) in [6.07, 6.45) is 0. The van der Waals surface area contributed by atoms with Gasteiger partial charge in [0, 0.05) is 25.2 Å². The Morgan fingerprint density at radius 3 is 2.57 bits per heavy atom. The molecular formula is C10H19N3O. The predicted molar refractivity (Wildman–Crippen MR) is 56.5 cm³/mol. The van der Waals surface area contributed by atoms with Crippen LogP contribution in [0.3, 0.4) is 0 Å². The van der Waals surface area contributed by atoms with Crippen molar-refractivity contribution >= 4 is 5.71 Å². The van der Waals surface area contributed by atoms with Crippen molar-refractivity contribution in [1.82, 2.24) is 10.2 Å². The molecule has 0 saturated carbocycles. The molecule has 2 heterocycles. The van der Waals surface area contributed by atoms with Crippen molar-refractivity contribution in [2.24, 2.45) is 5.16 Å². The predicted octanol–water partition coefficient (Wildman–Crippen LogP) is 0.445. The third-order valence-corrected chi connectivity index (χ3v) is 3.11. The molecule has 4 nitrogen and oxygen atoms in total. The maximum atomic E-state index is 4.88. The van der Waals surface area contributed by atoms with E-state index < -0.39 is 0 Å². The minimum atomic E-state index is 0.142. The highest BCUT2D eigenvalue weighted by Gasteiger charge is 2.55. The Kier molecular flexibility index (Phi) is 2.08. The zero-order valence-electron chi connectivity index (χ0n) is 9.42. The molecule has 2 saturated heterocycles. The summed E-state index contributed by atoms with van der Waals surface area (Å²) in [5, 5.41) is 7.51. The number of nitrogens with zero attached hydrogens (tertiary/aromatic N) is 2. The molecule has 2 fully saturated rings. The van der Waals surface area contributed by atoms with E-state index in [1.54, 1.807) is 7.11 Å². The molecule has 1 atom stereocenters. The summed E-state index contributed by atoms with van der Waals surface area (Å²) in [7, 11) is 1.61. The molecule has 1 unspecified atom stereocenters. The molecule has 1 N–H and O–H groups in total. The van der Waals surface area contributed by atoms with Crippen LogP contribution in [-0.2, 0) is 4.84 Å². The highest BCUT2D eigenvalue weighted by molar-refractivity contribution is 6.00. The summed E-state index contributed by atoms with van der Waals surface area (Å²) < 4.78 is 0. The van der Waals surface area contributed by atoms with Crippen LogP contribution in [-0.4, -0.2) is 48.4 Å². The molecule has 2 aliphatic rings. The first-order valence-corrected chi connectivity index (χ1v) is 5.08. The van der Waals surface area contributed by atoms with Crippen LogP contribution in [0.15, 0.2) is 5.16 Å². The number of rotatable bonds is 1. The minimum Gasteiger partial charge on any atom is -0.399 e. The summed E-state index contributed by atoms with van der Waals surface area (Å²) in [6.45, 7) is 9.72. The Hall–Kier alpha value is -0.610. The Bertz CT molecular complexity index is 263. The van der Waals surface area contributed by atoms with Gasteiger partial charge in [0.15, 0.2) is 0 Å². The molecule has 2 rings (SSSR count). The van der Waals surface area contributed by atoms with Gasteiger partial charge in [-0.1, -0.05) is 5.16 Å². The zero-order chi connectivity index (χ0) is 10.4. The van der Waals surface area contributed by atoms with E-state index in [4.69, 9.17) is 4.84 Å². The molecule has 0 aromatic heterocycles. The lowest BCUT2D eigenvalue weighted by atomic mass is 10.1. The molecule has 80 valence electrons. The topological polar surface area (TPSA) is 46.8 Å². The van der Waals surface area contributed by atoms with Crippen LogP contribution in [0.4, 0.5) is 0 Å². The first-order chi connectivity index (χ1) is 6.48. The van der Waals surface area contributed by atoms with Crippen molar-refractivity contribution in [1.29, 1.82) is 0 Å². The maximum absolute atomic E-state index is 4.88. The van der Waals surface area contributed by atoms with Gasteiger partial charge in [0.25, 0.3) is 0 Å². The van der Waals surface area contributed by atoms with E-state index in [9.17, 15) is 0 Å². The summed E-state index contributed by atoms with van der Waals surface area (Å²) in [6, 6.07) is 0. The van der Waals surface area contributed by atoms with E-state index in [1.807, 2.05) is 0 Å². The third-order valence-electron chi connectivity index (χ3n) is 3.11.